The summed E-state index contributed by atoms with van der Waals surface area (Å²) in [5.41, 5.74) is 6.67. The van der Waals surface area contributed by atoms with Crippen molar-refractivity contribution in [2.24, 2.45) is 0 Å². The minimum Gasteiger partial charge on any atom is -0.465 e. The van der Waals surface area contributed by atoms with Crippen LogP contribution in [0.4, 0.5) is 9.59 Å². The smallest absolute Gasteiger partial charge is 0.410 e. The van der Waals surface area contributed by atoms with Crippen LogP contribution < -0.4 is 4.74 Å². The van der Waals surface area contributed by atoms with Gasteiger partial charge in [-0.25, -0.2) is 19.6 Å². The molecule has 3 aromatic heterocycles. The Bertz CT molecular complexity index is 2470. The van der Waals surface area contributed by atoms with Crippen molar-refractivity contribution in [1.29, 1.82) is 0 Å². The highest BCUT2D eigenvalue weighted by atomic mass is 16.6. The SMILES string of the molecule is CC(C)(C)OC(=O)N1CCC[C@H]1c1ncc(-c2ccc3c(c2)O[C@@H](c2ccccc2)n2c-3cc3cc(-c4cnc([C@@H]5CCCN5C(=O)OC(C)(C)C)[nH]4)ccc32)[nH]1. The van der Waals surface area contributed by atoms with Gasteiger partial charge in [0.2, 0.25) is 6.23 Å². The van der Waals surface area contributed by atoms with E-state index in [1.807, 2.05) is 72.1 Å². The number of imidazole rings is 2. The van der Waals surface area contributed by atoms with E-state index in [9.17, 15) is 9.59 Å². The molecule has 294 valence electrons. The van der Waals surface area contributed by atoms with Gasteiger partial charge in [0.1, 0.15) is 28.6 Å². The number of hydrogen-bond acceptors (Lipinski definition) is 7. The molecule has 2 fully saturated rings. The number of aromatic amines is 2. The van der Waals surface area contributed by atoms with Crippen LogP contribution in [0.3, 0.4) is 0 Å². The maximum absolute atomic E-state index is 13.0. The maximum atomic E-state index is 13.0. The first kappa shape index (κ1) is 36.6. The summed E-state index contributed by atoms with van der Waals surface area (Å²) in [4.78, 5) is 46.1. The molecule has 0 unspecified atom stereocenters. The largest absolute Gasteiger partial charge is 0.465 e. The molecule has 2 saturated heterocycles. The number of aromatic nitrogens is 5. The molecule has 6 heterocycles. The minimum absolute atomic E-state index is 0.160. The predicted molar refractivity (Wildman–Crippen MR) is 218 cm³/mol. The van der Waals surface area contributed by atoms with Crippen LogP contribution in [0.25, 0.3) is 44.7 Å². The molecule has 3 aromatic carbocycles. The Morgan fingerprint density at radius 1 is 0.719 bits per heavy atom. The summed E-state index contributed by atoms with van der Waals surface area (Å²) in [6.45, 7) is 12.6. The molecule has 0 aliphatic carbocycles. The van der Waals surface area contributed by atoms with Crippen molar-refractivity contribution >= 4 is 23.1 Å². The van der Waals surface area contributed by atoms with Gasteiger partial charge in [-0.3, -0.25) is 9.80 Å². The number of fused-ring (bicyclic) bond motifs is 5. The van der Waals surface area contributed by atoms with Crippen molar-refractivity contribution in [3.63, 3.8) is 0 Å². The number of H-pyrrole nitrogens is 2. The van der Waals surface area contributed by atoms with Gasteiger partial charge in [0.05, 0.1) is 47.1 Å². The van der Waals surface area contributed by atoms with E-state index >= 15 is 0 Å². The highest BCUT2D eigenvalue weighted by molar-refractivity contribution is 5.92. The summed E-state index contributed by atoms with van der Waals surface area (Å²) in [5.74, 6) is 2.28. The zero-order valence-corrected chi connectivity index (χ0v) is 33.3. The Morgan fingerprint density at radius 2 is 1.28 bits per heavy atom. The summed E-state index contributed by atoms with van der Waals surface area (Å²) < 4.78 is 20.6. The zero-order chi connectivity index (χ0) is 39.6. The average Bonchev–Trinajstić information content (AvgIpc) is 4.01. The van der Waals surface area contributed by atoms with E-state index in [-0.39, 0.29) is 24.3 Å². The summed E-state index contributed by atoms with van der Waals surface area (Å²) in [6.07, 6.45) is 6.10. The summed E-state index contributed by atoms with van der Waals surface area (Å²) >= 11 is 0. The van der Waals surface area contributed by atoms with E-state index in [0.29, 0.717) is 13.1 Å². The van der Waals surface area contributed by atoms with Crippen molar-refractivity contribution in [3.8, 4) is 39.5 Å². The summed E-state index contributed by atoms with van der Waals surface area (Å²) in [6, 6.07) is 24.9. The number of nitrogens with one attached hydrogen (secondary N) is 2. The molecule has 3 aliphatic heterocycles. The Balaban J connectivity index is 1.03. The van der Waals surface area contributed by atoms with Crippen molar-refractivity contribution < 1.29 is 23.8 Å². The Labute approximate surface area is 332 Å². The quantitative estimate of drug-likeness (QED) is 0.179. The predicted octanol–water partition coefficient (Wildman–Crippen LogP) is 10.2. The van der Waals surface area contributed by atoms with E-state index in [1.54, 1.807) is 9.80 Å². The number of amides is 2. The lowest BCUT2D eigenvalue weighted by atomic mass is 10.0. The molecule has 2 N–H and O–H groups in total. The van der Waals surface area contributed by atoms with Gasteiger partial charge in [-0.1, -0.05) is 42.5 Å². The number of ether oxygens (including phenoxy) is 3. The van der Waals surface area contributed by atoms with Gasteiger partial charge in [0.25, 0.3) is 0 Å². The molecule has 6 aromatic rings. The molecule has 0 bridgehead atoms. The topological polar surface area (TPSA) is 131 Å². The number of nitrogens with zero attached hydrogens (tertiary/aromatic N) is 5. The van der Waals surface area contributed by atoms with Crippen LogP contribution >= 0.6 is 0 Å². The lowest BCUT2D eigenvalue weighted by Crippen LogP contribution is -2.36. The third-order valence-electron chi connectivity index (χ3n) is 10.9. The van der Waals surface area contributed by atoms with Gasteiger partial charge in [-0.15, -0.1) is 0 Å². The zero-order valence-electron chi connectivity index (χ0n) is 33.3. The Morgan fingerprint density at radius 3 is 1.86 bits per heavy atom. The maximum Gasteiger partial charge on any atom is 0.410 e. The lowest BCUT2D eigenvalue weighted by molar-refractivity contribution is 0.0208. The van der Waals surface area contributed by atoms with Gasteiger partial charge < -0.3 is 28.7 Å². The molecule has 12 nitrogen and oxygen atoms in total. The number of benzene rings is 3. The summed E-state index contributed by atoms with van der Waals surface area (Å²) in [7, 11) is 0. The monoisotopic (exact) mass is 767 g/mol. The molecule has 3 aliphatic rings. The molecule has 12 heteroatoms. The lowest BCUT2D eigenvalue weighted by Gasteiger charge is -2.30. The fourth-order valence-electron chi connectivity index (χ4n) is 8.36. The van der Waals surface area contributed by atoms with Gasteiger partial charge in [-0.05, 0) is 97.6 Å². The second kappa shape index (κ2) is 13.9. The van der Waals surface area contributed by atoms with Gasteiger partial charge in [0, 0.05) is 40.7 Å². The Kier molecular flexibility index (Phi) is 8.90. The van der Waals surface area contributed by atoms with E-state index in [4.69, 9.17) is 24.2 Å². The van der Waals surface area contributed by atoms with Crippen molar-refractivity contribution in [3.05, 3.63) is 102 Å². The highest BCUT2D eigenvalue weighted by Crippen LogP contribution is 2.46. The number of carbonyl (C=O) groups is 2. The Hall–Kier alpha value is -6.04. The molecule has 57 heavy (non-hydrogen) atoms. The van der Waals surface area contributed by atoms with Crippen LogP contribution in [0.15, 0.2) is 85.2 Å². The normalized spacial score (nSPS) is 19.4. The number of likely N-dealkylation sites (tertiary alicyclic amines) is 2. The molecule has 0 radical (unpaired) electrons. The van der Waals surface area contributed by atoms with Gasteiger partial charge >= 0.3 is 12.2 Å². The second-order valence-electron chi connectivity index (χ2n) is 17.3. The van der Waals surface area contributed by atoms with Crippen LogP contribution in [0.1, 0.15) is 103 Å². The third kappa shape index (κ3) is 7.02. The van der Waals surface area contributed by atoms with Gasteiger partial charge in [-0.2, -0.15) is 0 Å². The third-order valence-corrected chi connectivity index (χ3v) is 10.9. The molecule has 0 spiro atoms. The molecular formula is C45H49N7O5. The number of carbonyl (C=O) groups excluding carboxylic acids is 2. The van der Waals surface area contributed by atoms with Crippen LogP contribution in [0, 0.1) is 0 Å². The summed E-state index contributed by atoms with van der Waals surface area (Å²) in [5, 5.41) is 1.07. The first-order valence-electron chi connectivity index (χ1n) is 19.9. The molecule has 0 saturated carbocycles. The van der Waals surface area contributed by atoms with E-state index < -0.39 is 17.4 Å². The second-order valence-corrected chi connectivity index (χ2v) is 17.3. The first-order valence-corrected chi connectivity index (χ1v) is 19.9. The number of hydrogen-bond donors (Lipinski definition) is 2. The van der Waals surface area contributed by atoms with E-state index in [0.717, 1.165) is 93.3 Å². The van der Waals surface area contributed by atoms with Crippen molar-refractivity contribution in [1.82, 2.24) is 34.3 Å². The molecule has 9 rings (SSSR count). The first-order chi connectivity index (χ1) is 27.3. The van der Waals surface area contributed by atoms with Crippen LogP contribution in [0.2, 0.25) is 0 Å². The fourth-order valence-corrected chi connectivity index (χ4v) is 8.36. The van der Waals surface area contributed by atoms with Crippen LogP contribution in [-0.4, -0.2) is 70.8 Å². The van der Waals surface area contributed by atoms with Crippen molar-refractivity contribution in [2.45, 2.75) is 96.7 Å². The molecule has 3 atom stereocenters. The number of rotatable bonds is 5. The fraction of sp³-hybridized carbons (Fsp3) is 0.378. The van der Waals surface area contributed by atoms with Gasteiger partial charge in [0.15, 0.2) is 0 Å². The average molecular weight is 768 g/mol. The van der Waals surface area contributed by atoms with Crippen LogP contribution in [0.5, 0.6) is 5.75 Å². The molecule has 2 amide bonds. The standard InChI is InChI=1S/C45H49N7O5/c1-44(2,3)56-42(53)50-20-10-14-35(50)39-46-25-32(48-39)28-17-19-34-30(22-28)23-37-31-18-16-29(24-38(31)55-41(52(34)37)27-12-8-7-9-13-27)33-26-47-40(49-33)36-15-11-21-51(36)43(54)57-45(4,5)6/h7-9,12-13,16-19,22-26,35-36,41H,10-11,14-15,20-21H2,1-6H3,(H,46,48)(H,47,49)/t35-,36-,41-/m0/s1. The van der Waals surface area contributed by atoms with Crippen LogP contribution in [-0.2, 0) is 9.47 Å². The minimum atomic E-state index is -0.569. The van der Waals surface area contributed by atoms with E-state index in [1.165, 1.54) is 0 Å². The highest BCUT2D eigenvalue weighted by Gasteiger charge is 2.37. The molecular weight excluding hydrogens is 719 g/mol. The van der Waals surface area contributed by atoms with E-state index in [2.05, 4.69) is 69.1 Å². The van der Waals surface area contributed by atoms with Crippen molar-refractivity contribution in [2.75, 3.05) is 13.1 Å².